The Kier molecular flexibility index (Phi) is 9.97. The van der Waals surface area contributed by atoms with E-state index in [0.29, 0.717) is 38.0 Å². The van der Waals surface area contributed by atoms with E-state index in [9.17, 15) is 27.6 Å². The minimum absolute atomic E-state index is 0.0596. The number of pyridine rings is 1. The molecule has 0 bridgehead atoms. The highest BCUT2D eigenvalue weighted by molar-refractivity contribution is 7.91. The summed E-state index contributed by atoms with van der Waals surface area (Å²) < 4.78 is 39.4. The summed E-state index contributed by atoms with van der Waals surface area (Å²) in [6.07, 6.45) is 12.7. The topological polar surface area (TPSA) is 173 Å². The van der Waals surface area contributed by atoms with Crippen LogP contribution in [0.15, 0.2) is 24.4 Å². The number of hydrogen-bond acceptors (Lipinski definition) is 9. The molecule has 2 saturated carbocycles. The van der Waals surface area contributed by atoms with Gasteiger partial charge in [-0.3, -0.25) is 19.1 Å². The number of allylic oxidation sites excluding steroid dienone is 1. The molecule has 13 nitrogen and oxygen atoms in total. The van der Waals surface area contributed by atoms with E-state index in [-0.39, 0.29) is 19.4 Å². The lowest BCUT2D eigenvalue weighted by atomic mass is 9.93. The SMILES string of the molecule is CC(C)(C)OC(=O)NC1CCCCCC=CC2CC2(C(=O)NS(=O)(=O)C2(C)CC2)NC(=O)C2CC(Oc3nccc4c3CCCC4)CN2C1=O. The molecule has 1 aromatic rings. The summed E-state index contributed by atoms with van der Waals surface area (Å²) in [5.74, 6) is -1.72. The van der Waals surface area contributed by atoms with E-state index >= 15 is 0 Å². The molecule has 5 unspecified atom stereocenters. The van der Waals surface area contributed by atoms with Crippen molar-refractivity contribution in [2.45, 2.75) is 145 Å². The van der Waals surface area contributed by atoms with Crippen molar-refractivity contribution >= 4 is 33.8 Å². The summed E-state index contributed by atoms with van der Waals surface area (Å²) in [6, 6.07) is -0.0105. The van der Waals surface area contributed by atoms with Gasteiger partial charge in [-0.25, -0.2) is 18.2 Å². The summed E-state index contributed by atoms with van der Waals surface area (Å²) >= 11 is 0. The Morgan fingerprint density at radius 3 is 2.58 bits per heavy atom. The van der Waals surface area contributed by atoms with E-state index < -0.39 is 73.8 Å². The van der Waals surface area contributed by atoms with E-state index in [1.54, 1.807) is 33.9 Å². The number of fused-ring (bicyclic) bond motifs is 3. The highest BCUT2D eigenvalue weighted by Gasteiger charge is 2.63. The molecule has 274 valence electrons. The van der Waals surface area contributed by atoms with Crippen molar-refractivity contribution in [2.75, 3.05) is 6.54 Å². The molecule has 4 amide bonds. The summed E-state index contributed by atoms with van der Waals surface area (Å²) in [7, 11) is -3.96. The second-order valence-electron chi connectivity index (χ2n) is 15.9. The van der Waals surface area contributed by atoms with E-state index in [1.165, 1.54) is 10.5 Å². The first-order chi connectivity index (χ1) is 23.6. The molecule has 0 aromatic carbocycles. The number of carbonyl (C=O) groups excluding carboxylic acids is 4. The van der Waals surface area contributed by atoms with Crippen LogP contribution in [0.1, 0.15) is 109 Å². The fourth-order valence-electron chi connectivity index (χ4n) is 7.29. The summed E-state index contributed by atoms with van der Waals surface area (Å²) in [4.78, 5) is 61.3. The van der Waals surface area contributed by atoms with Gasteiger partial charge in [-0.05, 0) is 104 Å². The third-order valence-corrected chi connectivity index (χ3v) is 12.8. The van der Waals surface area contributed by atoms with Crippen LogP contribution in [0.5, 0.6) is 5.88 Å². The lowest BCUT2D eigenvalue weighted by Crippen LogP contribution is -2.58. The van der Waals surface area contributed by atoms with Crippen molar-refractivity contribution < 1.29 is 37.1 Å². The number of alkyl carbamates (subject to hydrolysis) is 1. The Bertz CT molecular complexity index is 1650. The molecule has 6 rings (SSSR count). The van der Waals surface area contributed by atoms with E-state index in [0.717, 1.165) is 44.1 Å². The summed E-state index contributed by atoms with van der Waals surface area (Å²) in [5, 5.41) is 5.66. The Morgan fingerprint density at radius 2 is 1.84 bits per heavy atom. The molecular formula is C36H51N5O8S. The minimum atomic E-state index is -3.96. The normalized spacial score (nSPS) is 29.6. The van der Waals surface area contributed by atoms with Gasteiger partial charge in [0.2, 0.25) is 27.7 Å². The second kappa shape index (κ2) is 13.8. The van der Waals surface area contributed by atoms with Crippen molar-refractivity contribution in [2.24, 2.45) is 5.92 Å². The number of nitrogens with one attached hydrogen (secondary N) is 3. The minimum Gasteiger partial charge on any atom is -0.472 e. The maximum atomic E-state index is 14.4. The van der Waals surface area contributed by atoms with Crippen LogP contribution in [-0.4, -0.2) is 82.7 Å². The van der Waals surface area contributed by atoms with Crippen LogP contribution in [0.3, 0.4) is 0 Å². The van der Waals surface area contributed by atoms with Crippen LogP contribution in [0.4, 0.5) is 4.79 Å². The Morgan fingerprint density at radius 1 is 1.08 bits per heavy atom. The third kappa shape index (κ3) is 7.79. The number of carbonyl (C=O) groups is 4. The number of aryl methyl sites for hydroxylation is 1. The zero-order valence-electron chi connectivity index (χ0n) is 29.6. The molecule has 5 aliphatic rings. The summed E-state index contributed by atoms with van der Waals surface area (Å²) in [6.45, 7) is 6.88. The molecule has 14 heteroatoms. The van der Waals surface area contributed by atoms with Crippen molar-refractivity contribution in [3.05, 3.63) is 35.5 Å². The number of rotatable bonds is 6. The van der Waals surface area contributed by atoms with Crippen LogP contribution in [0, 0.1) is 5.92 Å². The van der Waals surface area contributed by atoms with Gasteiger partial charge in [0.05, 0.1) is 11.3 Å². The molecule has 5 atom stereocenters. The Labute approximate surface area is 294 Å². The number of ether oxygens (including phenoxy) is 2. The maximum Gasteiger partial charge on any atom is 0.408 e. The standard InChI is InChI=1S/C36H51N5O8S/c1-34(2,3)49-33(45)38-27-15-9-7-5-6-8-13-24-21-36(24,32(44)40-50(46,47)35(4)17-18-35)39-29(42)28-20-25(22-41(28)31(27)43)48-30-26-14-11-10-12-23(26)16-19-37-30/h8,13,16,19,24-25,27-28H,5-7,9-12,14-15,17-18,20-22H2,1-4H3,(H,38,45)(H,39,42)(H,40,44). The first-order valence-electron chi connectivity index (χ1n) is 18.1. The number of nitrogens with zero attached hydrogens (tertiary/aromatic N) is 2. The molecule has 1 aromatic heterocycles. The van der Waals surface area contributed by atoms with Crippen LogP contribution in [0.25, 0.3) is 0 Å². The van der Waals surface area contributed by atoms with Crippen LogP contribution >= 0.6 is 0 Å². The Balaban J connectivity index is 1.29. The molecule has 3 heterocycles. The largest absolute Gasteiger partial charge is 0.472 e. The van der Waals surface area contributed by atoms with Gasteiger partial charge in [-0.1, -0.05) is 25.0 Å². The number of hydrogen-bond donors (Lipinski definition) is 3. The molecule has 0 spiro atoms. The van der Waals surface area contributed by atoms with Crippen molar-refractivity contribution in [1.82, 2.24) is 25.2 Å². The van der Waals surface area contributed by atoms with Gasteiger partial charge in [0.1, 0.15) is 29.3 Å². The maximum absolute atomic E-state index is 14.4. The molecule has 0 radical (unpaired) electrons. The highest BCUT2D eigenvalue weighted by Crippen LogP contribution is 2.47. The van der Waals surface area contributed by atoms with E-state index in [4.69, 9.17) is 9.47 Å². The fraction of sp³-hybridized carbons (Fsp3) is 0.694. The van der Waals surface area contributed by atoms with Gasteiger partial charge in [0.25, 0.3) is 5.91 Å². The smallest absolute Gasteiger partial charge is 0.408 e. The van der Waals surface area contributed by atoms with Crippen molar-refractivity contribution in [1.29, 1.82) is 0 Å². The van der Waals surface area contributed by atoms with Crippen LogP contribution in [-0.2, 0) is 42.0 Å². The monoisotopic (exact) mass is 713 g/mol. The van der Waals surface area contributed by atoms with Gasteiger partial charge in [-0.15, -0.1) is 0 Å². The van der Waals surface area contributed by atoms with Gasteiger partial charge in [-0.2, -0.15) is 0 Å². The average Bonchev–Trinajstić information content (AvgIpc) is 3.92. The molecule has 3 aliphatic carbocycles. The lowest BCUT2D eigenvalue weighted by Gasteiger charge is -2.30. The van der Waals surface area contributed by atoms with Gasteiger partial charge in [0.15, 0.2) is 0 Å². The molecule has 3 fully saturated rings. The predicted molar refractivity (Wildman–Crippen MR) is 184 cm³/mol. The van der Waals surface area contributed by atoms with Gasteiger partial charge >= 0.3 is 6.09 Å². The second-order valence-corrected chi connectivity index (χ2v) is 18.1. The number of sulfonamides is 1. The van der Waals surface area contributed by atoms with Crippen LogP contribution in [0.2, 0.25) is 0 Å². The van der Waals surface area contributed by atoms with Gasteiger partial charge < -0.3 is 25.0 Å². The molecule has 3 N–H and O–H groups in total. The van der Waals surface area contributed by atoms with Crippen LogP contribution < -0.4 is 20.1 Å². The first kappa shape index (κ1) is 36.1. The number of amides is 4. The molecule has 50 heavy (non-hydrogen) atoms. The zero-order chi connectivity index (χ0) is 35.9. The Hall–Kier alpha value is -3.68. The summed E-state index contributed by atoms with van der Waals surface area (Å²) in [5.41, 5.74) is -0.0398. The molecular weight excluding hydrogens is 662 g/mol. The highest BCUT2D eigenvalue weighted by atomic mass is 32.2. The zero-order valence-corrected chi connectivity index (χ0v) is 30.4. The lowest BCUT2D eigenvalue weighted by molar-refractivity contribution is -0.141. The molecule has 2 aliphatic heterocycles. The fourth-order valence-corrected chi connectivity index (χ4v) is 8.60. The van der Waals surface area contributed by atoms with E-state index in [2.05, 4.69) is 20.3 Å². The van der Waals surface area contributed by atoms with Crippen molar-refractivity contribution in [3.8, 4) is 5.88 Å². The number of aromatic nitrogens is 1. The average molecular weight is 714 g/mol. The predicted octanol–water partition coefficient (Wildman–Crippen LogP) is 3.60. The van der Waals surface area contributed by atoms with E-state index in [1.807, 2.05) is 18.2 Å². The first-order valence-corrected chi connectivity index (χ1v) is 19.6. The molecule has 1 saturated heterocycles. The van der Waals surface area contributed by atoms with Crippen molar-refractivity contribution in [3.63, 3.8) is 0 Å². The quantitative estimate of drug-likeness (QED) is 0.373. The van der Waals surface area contributed by atoms with Gasteiger partial charge in [0, 0.05) is 24.1 Å². The third-order valence-electron chi connectivity index (χ3n) is 10.7.